The van der Waals surface area contributed by atoms with E-state index in [1.54, 1.807) is 17.9 Å². The van der Waals surface area contributed by atoms with Gasteiger partial charge >= 0.3 is 5.97 Å². The molecule has 2 aliphatic heterocycles. The molecule has 3 rings (SSSR count). The first-order valence-electron chi connectivity index (χ1n) is 7.72. The minimum Gasteiger partial charge on any atom is -0.465 e. The van der Waals surface area contributed by atoms with E-state index in [-0.39, 0.29) is 18.4 Å². The number of nitrogens with one attached hydrogen (secondary N) is 2. The molecule has 6 heteroatoms. The average Bonchev–Trinajstić information content (AvgIpc) is 2.53. The van der Waals surface area contributed by atoms with Crippen LogP contribution < -0.4 is 10.6 Å². The highest BCUT2D eigenvalue weighted by Gasteiger charge is 2.46. The summed E-state index contributed by atoms with van der Waals surface area (Å²) in [6, 6.07) is 7.45. The largest absolute Gasteiger partial charge is 0.465 e. The first-order chi connectivity index (χ1) is 10.7. The van der Waals surface area contributed by atoms with E-state index in [0.29, 0.717) is 12.2 Å². The molecular formula is C16H21N3O3. The number of hydrogen-bond acceptors (Lipinski definition) is 5. The van der Waals surface area contributed by atoms with Crippen LogP contribution in [0.15, 0.2) is 24.3 Å². The smallest absolute Gasteiger partial charge is 0.325 e. The first kappa shape index (κ1) is 14.8. The minimum absolute atomic E-state index is 0.0198. The molecular weight excluding hydrogens is 282 g/mol. The van der Waals surface area contributed by atoms with Gasteiger partial charge in [0, 0.05) is 18.5 Å². The summed E-state index contributed by atoms with van der Waals surface area (Å²) in [6.45, 7) is 3.68. The second-order valence-corrected chi connectivity index (χ2v) is 5.65. The Hall–Kier alpha value is -2.08. The van der Waals surface area contributed by atoms with E-state index in [4.69, 9.17) is 4.74 Å². The maximum absolute atomic E-state index is 12.9. The number of rotatable bonds is 3. The van der Waals surface area contributed by atoms with Crippen molar-refractivity contribution in [3.63, 3.8) is 0 Å². The standard InChI is InChI=1S/C16H21N3O3/c1-2-22-14(20)11-19-15(21)12-5-3-4-6-13(12)18-16(19)7-9-17-10-8-16/h3-6,17-18H,2,7-11H2,1H3. The van der Waals surface area contributed by atoms with Crippen molar-refractivity contribution in [1.82, 2.24) is 10.2 Å². The lowest BCUT2D eigenvalue weighted by molar-refractivity contribution is -0.145. The van der Waals surface area contributed by atoms with Crippen LogP contribution in [0.3, 0.4) is 0 Å². The summed E-state index contributed by atoms with van der Waals surface area (Å²) in [5.41, 5.74) is 0.939. The Morgan fingerprint density at radius 2 is 2.05 bits per heavy atom. The molecule has 0 radical (unpaired) electrons. The van der Waals surface area contributed by atoms with E-state index in [2.05, 4.69) is 10.6 Å². The zero-order valence-corrected chi connectivity index (χ0v) is 12.7. The Balaban J connectivity index is 1.95. The number of benzene rings is 1. The summed E-state index contributed by atoms with van der Waals surface area (Å²) in [7, 11) is 0. The molecule has 0 atom stereocenters. The third-order valence-corrected chi connectivity index (χ3v) is 4.31. The van der Waals surface area contributed by atoms with Gasteiger partial charge in [0.25, 0.3) is 5.91 Å². The summed E-state index contributed by atoms with van der Waals surface area (Å²) >= 11 is 0. The predicted molar refractivity (Wildman–Crippen MR) is 82.6 cm³/mol. The van der Waals surface area contributed by atoms with Crippen LogP contribution in [0, 0.1) is 0 Å². The van der Waals surface area contributed by atoms with Crippen LogP contribution in [0.5, 0.6) is 0 Å². The molecule has 1 aromatic rings. The molecule has 1 amide bonds. The lowest BCUT2D eigenvalue weighted by Gasteiger charge is -2.50. The van der Waals surface area contributed by atoms with Gasteiger partial charge in [0.15, 0.2) is 0 Å². The third kappa shape index (κ3) is 2.54. The second kappa shape index (κ2) is 5.96. The van der Waals surface area contributed by atoms with Crippen LogP contribution in [0.2, 0.25) is 0 Å². The Labute approximate surface area is 129 Å². The molecule has 118 valence electrons. The Morgan fingerprint density at radius 3 is 2.77 bits per heavy atom. The summed E-state index contributed by atoms with van der Waals surface area (Å²) < 4.78 is 5.04. The quantitative estimate of drug-likeness (QED) is 0.821. The predicted octanol–water partition coefficient (Wildman–Crippen LogP) is 1.20. The zero-order valence-electron chi connectivity index (χ0n) is 12.7. The van der Waals surface area contributed by atoms with E-state index in [9.17, 15) is 9.59 Å². The van der Waals surface area contributed by atoms with Gasteiger partial charge in [-0.05, 0) is 32.1 Å². The van der Waals surface area contributed by atoms with Crippen LogP contribution in [0.4, 0.5) is 5.69 Å². The molecule has 0 saturated carbocycles. The highest BCUT2D eigenvalue weighted by atomic mass is 16.5. The molecule has 0 bridgehead atoms. The summed E-state index contributed by atoms with van der Waals surface area (Å²) in [4.78, 5) is 26.5. The molecule has 0 unspecified atom stereocenters. The molecule has 2 heterocycles. The van der Waals surface area contributed by atoms with Crippen molar-refractivity contribution in [2.45, 2.75) is 25.4 Å². The molecule has 6 nitrogen and oxygen atoms in total. The molecule has 0 aliphatic carbocycles. The number of para-hydroxylation sites is 1. The van der Waals surface area contributed by atoms with Crippen molar-refractivity contribution in [3.8, 4) is 0 Å². The van der Waals surface area contributed by atoms with Gasteiger partial charge in [0.05, 0.1) is 12.2 Å². The number of amides is 1. The summed E-state index contributed by atoms with van der Waals surface area (Å²) in [6.07, 6.45) is 1.51. The summed E-state index contributed by atoms with van der Waals surface area (Å²) in [5.74, 6) is -0.473. The van der Waals surface area contributed by atoms with E-state index >= 15 is 0 Å². The van der Waals surface area contributed by atoms with Gasteiger partial charge in [-0.2, -0.15) is 0 Å². The molecule has 1 aromatic carbocycles. The number of anilines is 1. The van der Waals surface area contributed by atoms with Gasteiger partial charge < -0.3 is 20.3 Å². The molecule has 1 fully saturated rings. The highest BCUT2D eigenvalue weighted by Crippen LogP contribution is 2.36. The fourth-order valence-corrected chi connectivity index (χ4v) is 3.23. The van der Waals surface area contributed by atoms with Gasteiger partial charge in [-0.3, -0.25) is 9.59 Å². The number of nitrogens with zero attached hydrogens (tertiary/aromatic N) is 1. The average molecular weight is 303 g/mol. The van der Waals surface area contributed by atoms with Crippen LogP contribution >= 0.6 is 0 Å². The van der Waals surface area contributed by atoms with Crippen molar-refractivity contribution in [2.24, 2.45) is 0 Å². The van der Waals surface area contributed by atoms with Crippen molar-refractivity contribution in [1.29, 1.82) is 0 Å². The van der Waals surface area contributed by atoms with Crippen LogP contribution in [0.1, 0.15) is 30.1 Å². The maximum atomic E-state index is 12.9. The molecule has 1 spiro atoms. The molecule has 22 heavy (non-hydrogen) atoms. The Bertz CT molecular complexity index is 582. The highest BCUT2D eigenvalue weighted by molar-refractivity contribution is 6.03. The van der Waals surface area contributed by atoms with Gasteiger partial charge in [0.1, 0.15) is 12.2 Å². The fraction of sp³-hybridized carbons (Fsp3) is 0.500. The number of piperidine rings is 1. The second-order valence-electron chi connectivity index (χ2n) is 5.65. The number of hydrogen-bond donors (Lipinski definition) is 2. The van der Waals surface area contributed by atoms with Crippen molar-refractivity contribution in [3.05, 3.63) is 29.8 Å². The third-order valence-electron chi connectivity index (χ3n) is 4.31. The zero-order chi connectivity index (χ0) is 15.6. The van der Waals surface area contributed by atoms with Crippen LogP contribution in [0.25, 0.3) is 0 Å². The lowest BCUT2D eigenvalue weighted by atomic mass is 9.91. The SMILES string of the molecule is CCOC(=O)CN1C(=O)c2ccccc2NC12CCNCC2. The normalized spacial score (nSPS) is 19.5. The van der Waals surface area contributed by atoms with E-state index < -0.39 is 5.66 Å². The van der Waals surface area contributed by atoms with E-state index in [0.717, 1.165) is 31.6 Å². The lowest BCUT2D eigenvalue weighted by Crippen LogP contribution is -2.64. The summed E-state index contributed by atoms with van der Waals surface area (Å²) in [5, 5.41) is 6.80. The number of carbonyl (C=O) groups is 2. The molecule has 1 saturated heterocycles. The van der Waals surface area contributed by atoms with E-state index in [1.165, 1.54) is 0 Å². The van der Waals surface area contributed by atoms with Gasteiger partial charge in [-0.15, -0.1) is 0 Å². The topological polar surface area (TPSA) is 70.7 Å². The number of esters is 1. The maximum Gasteiger partial charge on any atom is 0.325 e. The van der Waals surface area contributed by atoms with Crippen molar-refractivity contribution in [2.75, 3.05) is 31.6 Å². The van der Waals surface area contributed by atoms with Gasteiger partial charge in [0.2, 0.25) is 0 Å². The fourth-order valence-electron chi connectivity index (χ4n) is 3.23. The number of ether oxygens (including phenoxy) is 1. The van der Waals surface area contributed by atoms with Crippen molar-refractivity contribution >= 4 is 17.6 Å². The Kier molecular flexibility index (Phi) is 4.02. The van der Waals surface area contributed by atoms with Gasteiger partial charge in [-0.1, -0.05) is 12.1 Å². The number of carbonyl (C=O) groups excluding carboxylic acids is 2. The molecule has 2 aliphatic rings. The monoisotopic (exact) mass is 303 g/mol. The van der Waals surface area contributed by atoms with E-state index in [1.807, 2.05) is 18.2 Å². The minimum atomic E-state index is -0.510. The first-order valence-corrected chi connectivity index (χ1v) is 7.72. The van der Waals surface area contributed by atoms with Crippen LogP contribution in [-0.4, -0.2) is 48.7 Å². The van der Waals surface area contributed by atoms with Crippen LogP contribution in [-0.2, 0) is 9.53 Å². The van der Waals surface area contributed by atoms with Crippen molar-refractivity contribution < 1.29 is 14.3 Å². The number of fused-ring (bicyclic) bond motifs is 1. The van der Waals surface area contributed by atoms with Gasteiger partial charge in [-0.25, -0.2) is 0 Å². The molecule has 2 N–H and O–H groups in total. The molecule has 0 aromatic heterocycles. The Morgan fingerprint density at radius 1 is 1.32 bits per heavy atom.